The molecule has 5 heteroatoms. The summed E-state index contributed by atoms with van der Waals surface area (Å²) < 4.78 is 0. The topological polar surface area (TPSA) is 57.3 Å². The van der Waals surface area contributed by atoms with Gasteiger partial charge < -0.3 is 5.32 Å². The molecule has 1 aromatic heterocycles. The number of piperazine rings is 1. The summed E-state index contributed by atoms with van der Waals surface area (Å²) >= 11 is 0. The third kappa shape index (κ3) is 2.69. The number of amides is 1. The summed E-state index contributed by atoms with van der Waals surface area (Å²) in [7, 11) is 0. The molecule has 22 heavy (non-hydrogen) atoms. The van der Waals surface area contributed by atoms with E-state index in [1.165, 1.54) is 12.8 Å². The normalized spacial score (nSPS) is 22.6. The zero-order chi connectivity index (χ0) is 14.9. The summed E-state index contributed by atoms with van der Waals surface area (Å²) in [5.41, 5.74) is 4.71. The summed E-state index contributed by atoms with van der Waals surface area (Å²) in [5.74, 6) is 0.701. The molecule has 2 heterocycles. The predicted molar refractivity (Wildman–Crippen MR) is 85.3 cm³/mol. The number of nitrogens with one attached hydrogen (secondary N) is 2. The Morgan fingerprint density at radius 2 is 2.23 bits per heavy atom. The Labute approximate surface area is 129 Å². The van der Waals surface area contributed by atoms with Crippen LogP contribution < -0.4 is 10.7 Å². The molecule has 0 spiro atoms. The molecule has 2 aromatic rings. The molecule has 4 rings (SSSR count). The maximum absolute atomic E-state index is 12.6. The standard InChI is InChI=1S/C17H20N4O/c22-17(14-5-6-15-13(10-14)2-1-7-19-15)20-21-9-8-18-11-16(21)12-3-4-12/h1-2,5-7,10,12,16,18H,3-4,8-9,11H2,(H,20,22). The number of hydrazine groups is 1. The molecule has 1 unspecified atom stereocenters. The minimum Gasteiger partial charge on any atom is -0.314 e. The number of pyridine rings is 1. The van der Waals surface area contributed by atoms with Crippen LogP contribution in [0.2, 0.25) is 0 Å². The minimum absolute atomic E-state index is 0.0293. The van der Waals surface area contributed by atoms with Gasteiger partial charge in [-0.05, 0) is 43.0 Å². The third-order valence-corrected chi connectivity index (χ3v) is 4.56. The predicted octanol–water partition coefficient (Wildman–Crippen LogP) is 1.56. The minimum atomic E-state index is -0.0293. The van der Waals surface area contributed by atoms with Crippen LogP contribution in [0.15, 0.2) is 36.5 Å². The van der Waals surface area contributed by atoms with Gasteiger partial charge in [-0.15, -0.1) is 0 Å². The van der Waals surface area contributed by atoms with Gasteiger partial charge in [0, 0.05) is 42.8 Å². The number of rotatable bonds is 3. The van der Waals surface area contributed by atoms with Gasteiger partial charge in [-0.2, -0.15) is 0 Å². The van der Waals surface area contributed by atoms with Gasteiger partial charge in [-0.1, -0.05) is 6.07 Å². The Morgan fingerprint density at radius 1 is 1.32 bits per heavy atom. The highest BCUT2D eigenvalue weighted by atomic mass is 16.2. The van der Waals surface area contributed by atoms with E-state index in [0.717, 1.165) is 36.5 Å². The zero-order valence-corrected chi connectivity index (χ0v) is 12.5. The highest BCUT2D eigenvalue weighted by Crippen LogP contribution is 2.35. The first kappa shape index (κ1) is 13.7. The molecule has 2 aliphatic rings. The lowest BCUT2D eigenvalue weighted by Crippen LogP contribution is -2.59. The van der Waals surface area contributed by atoms with E-state index in [4.69, 9.17) is 0 Å². The van der Waals surface area contributed by atoms with Gasteiger partial charge in [0.1, 0.15) is 0 Å². The molecule has 1 aromatic carbocycles. The number of carbonyl (C=O) groups is 1. The summed E-state index contributed by atoms with van der Waals surface area (Å²) in [5, 5.41) is 6.55. The van der Waals surface area contributed by atoms with Crippen LogP contribution in [0.1, 0.15) is 23.2 Å². The molecule has 2 N–H and O–H groups in total. The van der Waals surface area contributed by atoms with Crippen molar-refractivity contribution in [2.45, 2.75) is 18.9 Å². The molecule has 0 radical (unpaired) electrons. The number of hydrogen-bond acceptors (Lipinski definition) is 4. The summed E-state index contributed by atoms with van der Waals surface area (Å²) in [4.78, 5) is 16.8. The Balaban J connectivity index is 1.52. The van der Waals surface area contributed by atoms with E-state index in [-0.39, 0.29) is 5.91 Å². The molecule has 1 saturated heterocycles. The van der Waals surface area contributed by atoms with Crippen molar-refractivity contribution >= 4 is 16.8 Å². The monoisotopic (exact) mass is 296 g/mol. The fraction of sp³-hybridized carbons (Fsp3) is 0.412. The average Bonchev–Trinajstić information content (AvgIpc) is 3.40. The van der Waals surface area contributed by atoms with Crippen LogP contribution in [0.5, 0.6) is 0 Å². The van der Waals surface area contributed by atoms with Gasteiger partial charge in [0.15, 0.2) is 0 Å². The van der Waals surface area contributed by atoms with Gasteiger partial charge in [0.05, 0.1) is 5.52 Å². The van der Waals surface area contributed by atoms with Crippen molar-refractivity contribution in [2.75, 3.05) is 19.6 Å². The van der Waals surface area contributed by atoms with E-state index in [9.17, 15) is 4.79 Å². The Kier molecular flexibility index (Phi) is 3.52. The number of nitrogens with zero attached hydrogens (tertiary/aromatic N) is 2. The Bertz CT molecular complexity index is 698. The van der Waals surface area contributed by atoms with Crippen LogP contribution in [0.4, 0.5) is 0 Å². The van der Waals surface area contributed by atoms with Crippen LogP contribution in [-0.4, -0.2) is 41.6 Å². The highest BCUT2D eigenvalue weighted by Gasteiger charge is 2.37. The lowest BCUT2D eigenvalue weighted by atomic mass is 10.1. The van der Waals surface area contributed by atoms with Gasteiger partial charge >= 0.3 is 0 Å². The second-order valence-electron chi connectivity index (χ2n) is 6.15. The molecule has 1 aliphatic carbocycles. The maximum atomic E-state index is 12.6. The van der Waals surface area contributed by atoms with Crippen LogP contribution in [0, 0.1) is 5.92 Å². The lowest BCUT2D eigenvalue weighted by molar-refractivity contribution is 0.0566. The number of aromatic nitrogens is 1. The number of fused-ring (bicyclic) bond motifs is 1. The van der Waals surface area contributed by atoms with Crippen molar-refractivity contribution in [1.82, 2.24) is 20.7 Å². The lowest BCUT2D eigenvalue weighted by Gasteiger charge is -2.36. The van der Waals surface area contributed by atoms with Crippen molar-refractivity contribution in [2.24, 2.45) is 5.92 Å². The highest BCUT2D eigenvalue weighted by molar-refractivity contribution is 5.97. The van der Waals surface area contributed by atoms with E-state index in [1.54, 1.807) is 6.20 Å². The Hall–Kier alpha value is -1.98. The molecule has 1 atom stereocenters. The van der Waals surface area contributed by atoms with Gasteiger partial charge in [-0.25, -0.2) is 5.01 Å². The molecule has 1 aliphatic heterocycles. The third-order valence-electron chi connectivity index (χ3n) is 4.56. The molecule has 0 bridgehead atoms. The smallest absolute Gasteiger partial charge is 0.265 e. The van der Waals surface area contributed by atoms with Crippen molar-refractivity contribution in [3.05, 3.63) is 42.1 Å². The van der Waals surface area contributed by atoms with Crippen molar-refractivity contribution in [1.29, 1.82) is 0 Å². The van der Waals surface area contributed by atoms with Crippen molar-refractivity contribution in [3.63, 3.8) is 0 Å². The second kappa shape index (κ2) is 5.66. The molecule has 2 fully saturated rings. The van der Waals surface area contributed by atoms with Crippen LogP contribution in [0.3, 0.4) is 0 Å². The molecular formula is C17H20N4O. The van der Waals surface area contributed by atoms with Crippen molar-refractivity contribution in [3.8, 4) is 0 Å². The van der Waals surface area contributed by atoms with Gasteiger partial charge in [0.25, 0.3) is 5.91 Å². The van der Waals surface area contributed by atoms with Crippen LogP contribution in [0.25, 0.3) is 10.9 Å². The van der Waals surface area contributed by atoms with E-state index < -0.39 is 0 Å². The largest absolute Gasteiger partial charge is 0.314 e. The van der Waals surface area contributed by atoms with Gasteiger partial charge in [0.2, 0.25) is 0 Å². The first-order valence-corrected chi connectivity index (χ1v) is 7.94. The fourth-order valence-corrected chi connectivity index (χ4v) is 3.18. The number of benzene rings is 1. The molecule has 114 valence electrons. The summed E-state index contributed by atoms with van der Waals surface area (Å²) in [6, 6.07) is 9.96. The van der Waals surface area contributed by atoms with Crippen LogP contribution in [-0.2, 0) is 0 Å². The molecule has 5 nitrogen and oxygen atoms in total. The van der Waals surface area contributed by atoms with E-state index in [1.807, 2.05) is 30.3 Å². The van der Waals surface area contributed by atoms with Crippen LogP contribution >= 0.6 is 0 Å². The fourth-order valence-electron chi connectivity index (χ4n) is 3.18. The van der Waals surface area contributed by atoms with Crippen molar-refractivity contribution < 1.29 is 4.79 Å². The Morgan fingerprint density at radius 3 is 3.09 bits per heavy atom. The first-order chi connectivity index (χ1) is 10.8. The van der Waals surface area contributed by atoms with Gasteiger partial charge in [-0.3, -0.25) is 15.2 Å². The maximum Gasteiger partial charge on any atom is 0.265 e. The van der Waals surface area contributed by atoms with E-state index in [2.05, 4.69) is 20.7 Å². The SMILES string of the molecule is O=C(NN1CCNCC1C1CC1)c1ccc2ncccc2c1. The quantitative estimate of drug-likeness (QED) is 0.902. The number of hydrogen-bond donors (Lipinski definition) is 2. The number of carbonyl (C=O) groups excluding carboxylic acids is 1. The second-order valence-corrected chi connectivity index (χ2v) is 6.15. The van der Waals surface area contributed by atoms with E-state index in [0.29, 0.717) is 11.6 Å². The molecular weight excluding hydrogens is 276 g/mol. The summed E-state index contributed by atoms with van der Waals surface area (Å²) in [6.45, 7) is 2.75. The average molecular weight is 296 g/mol. The molecule has 1 amide bonds. The molecule has 1 saturated carbocycles. The first-order valence-electron chi connectivity index (χ1n) is 7.94. The zero-order valence-electron chi connectivity index (χ0n) is 12.5. The summed E-state index contributed by atoms with van der Waals surface area (Å²) in [6.07, 6.45) is 4.32. The van der Waals surface area contributed by atoms with E-state index >= 15 is 0 Å².